The minimum atomic E-state index is -0.442. The average molecular weight is 318 g/mol. The van der Waals surface area contributed by atoms with E-state index in [-0.39, 0.29) is 18.6 Å². The summed E-state index contributed by atoms with van der Waals surface area (Å²) in [5, 5.41) is 2.80. The van der Waals surface area contributed by atoms with Gasteiger partial charge >= 0.3 is 6.09 Å². The third kappa shape index (κ3) is 4.74. The fourth-order valence-electron chi connectivity index (χ4n) is 2.51. The quantitative estimate of drug-likeness (QED) is 0.845. The minimum Gasteiger partial charge on any atom is -0.497 e. The number of carbonyl (C=O) groups excluding carboxylic acids is 2. The zero-order valence-corrected chi connectivity index (χ0v) is 13.3. The number of alkyl carbamates (subject to hydrolysis) is 1. The number of hydrogen-bond donors (Lipinski definition) is 1. The molecule has 6 heteroatoms. The molecule has 23 heavy (non-hydrogen) atoms. The highest BCUT2D eigenvalue weighted by Crippen LogP contribution is 2.17. The number of likely N-dealkylation sites (tertiary alicyclic amines) is 1. The number of nitrogens with zero attached hydrogens (tertiary/aromatic N) is 1. The molecule has 124 valence electrons. The summed E-state index contributed by atoms with van der Waals surface area (Å²) in [6.45, 7) is 4.88. The topological polar surface area (TPSA) is 67.9 Å². The molecule has 0 unspecified atom stereocenters. The number of nitrogens with one attached hydrogen (secondary N) is 1. The van der Waals surface area contributed by atoms with E-state index >= 15 is 0 Å². The maximum absolute atomic E-state index is 12.5. The summed E-state index contributed by atoms with van der Waals surface area (Å²) in [7, 11) is 1.58. The van der Waals surface area contributed by atoms with E-state index in [1.807, 2.05) is 6.07 Å². The summed E-state index contributed by atoms with van der Waals surface area (Å²) in [5.41, 5.74) is 0.612. The van der Waals surface area contributed by atoms with Crippen molar-refractivity contribution in [3.63, 3.8) is 0 Å². The first-order valence-corrected chi connectivity index (χ1v) is 7.61. The highest BCUT2D eigenvalue weighted by atomic mass is 16.5. The van der Waals surface area contributed by atoms with Crippen LogP contribution in [0.1, 0.15) is 23.2 Å². The van der Waals surface area contributed by atoms with Crippen molar-refractivity contribution < 1.29 is 19.1 Å². The molecule has 0 aliphatic carbocycles. The van der Waals surface area contributed by atoms with Gasteiger partial charge in [-0.15, -0.1) is 0 Å². The van der Waals surface area contributed by atoms with Gasteiger partial charge in [0.05, 0.1) is 7.11 Å². The number of methoxy groups -OCH3 is 1. The molecule has 1 fully saturated rings. The molecule has 1 saturated heterocycles. The Hall–Kier alpha value is -2.50. The van der Waals surface area contributed by atoms with Crippen molar-refractivity contribution in [3.05, 3.63) is 42.5 Å². The van der Waals surface area contributed by atoms with E-state index in [0.717, 1.165) is 0 Å². The van der Waals surface area contributed by atoms with Crippen LogP contribution < -0.4 is 10.1 Å². The summed E-state index contributed by atoms with van der Waals surface area (Å²) in [4.78, 5) is 25.8. The molecule has 1 aliphatic rings. The standard InChI is InChI=1S/C17H22N2O4/c1-3-11-23-17(21)18-14-7-9-19(10-8-14)16(20)13-5-4-6-15(12-13)22-2/h3-6,12,14H,1,7-11H2,2H3,(H,18,21). The second-order valence-corrected chi connectivity index (χ2v) is 5.33. The van der Waals surface area contributed by atoms with Gasteiger partial charge in [0.15, 0.2) is 0 Å². The molecule has 0 bridgehead atoms. The number of hydrogen-bond acceptors (Lipinski definition) is 4. The maximum atomic E-state index is 12.5. The van der Waals surface area contributed by atoms with Gasteiger partial charge in [-0.1, -0.05) is 18.7 Å². The van der Waals surface area contributed by atoms with Gasteiger partial charge in [0.2, 0.25) is 0 Å². The smallest absolute Gasteiger partial charge is 0.407 e. The molecule has 0 atom stereocenters. The van der Waals surface area contributed by atoms with Crippen molar-refractivity contribution in [2.75, 3.05) is 26.8 Å². The van der Waals surface area contributed by atoms with E-state index in [4.69, 9.17) is 9.47 Å². The van der Waals surface area contributed by atoms with E-state index in [0.29, 0.717) is 37.2 Å². The second-order valence-electron chi connectivity index (χ2n) is 5.33. The van der Waals surface area contributed by atoms with Crippen molar-refractivity contribution in [2.45, 2.75) is 18.9 Å². The minimum absolute atomic E-state index is 0.0171. The molecule has 1 aliphatic heterocycles. The molecular formula is C17H22N2O4. The van der Waals surface area contributed by atoms with Gasteiger partial charge in [-0.25, -0.2) is 4.79 Å². The molecule has 0 aromatic heterocycles. The van der Waals surface area contributed by atoms with Crippen LogP contribution in [0.3, 0.4) is 0 Å². The van der Waals surface area contributed by atoms with Crippen LogP contribution in [-0.2, 0) is 4.74 Å². The molecule has 0 spiro atoms. The Bertz CT molecular complexity index is 565. The van der Waals surface area contributed by atoms with Crippen LogP contribution in [0.4, 0.5) is 4.79 Å². The summed E-state index contributed by atoms with van der Waals surface area (Å²) in [6, 6.07) is 7.15. The molecule has 1 heterocycles. The predicted octanol–water partition coefficient (Wildman–Crippen LogP) is 2.21. The lowest BCUT2D eigenvalue weighted by Gasteiger charge is -2.32. The van der Waals surface area contributed by atoms with Crippen LogP contribution in [0.5, 0.6) is 5.75 Å². The monoisotopic (exact) mass is 318 g/mol. The van der Waals surface area contributed by atoms with Gasteiger partial charge in [-0.2, -0.15) is 0 Å². The maximum Gasteiger partial charge on any atom is 0.407 e. The SMILES string of the molecule is C=CCOC(=O)NC1CCN(C(=O)c2cccc(OC)c2)CC1. The van der Waals surface area contributed by atoms with Crippen LogP contribution in [0, 0.1) is 0 Å². The van der Waals surface area contributed by atoms with Crippen LogP contribution in [-0.4, -0.2) is 49.7 Å². The Labute approximate surface area is 136 Å². The van der Waals surface area contributed by atoms with Gasteiger partial charge in [0.25, 0.3) is 5.91 Å². The molecule has 1 aromatic carbocycles. The fourth-order valence-corrected chi connectivity index (χ4v) is 2.51. The lowest BCUT2D eigenvalue weighted by atomic mass is 10.0. The third-order valence-corrected chi connectivity index (χ3v) is 3.75. The van der Waals surface area contributed by atoms with E-state index in [1.54, 1.807) is 30.2 Å². The second kappa shape index (κ2) is 8.22. The molecule has 0 saturated carbocycles. The molecular weight excluding hydrogens is 296 g/mol. The zero-order valence-electron chi connectivity index (χ0n) is 13.3. The van der Waals surface area contributed by atoms with Crippen molar-refractivity contribution in [3.8, 4) is 5.75 Å². The molecule has 2 amide bonds. The van der Waals surface area contributed by atoms with Crippen LogP contribution in [0.15, 0.2) is 36.9 Å². The first kappa shape index (κ1) is 16.9. The number of ether oxygens (including phenoxy) is 2. The first-order chi connectivity index (χ1) is 11.1. The van der Waals surface area contributed by atoms with E-state index in [1.165, 1.54) is 6.08 Å². The lowest BCUT2D eigenvalue weighted by Crippen LogP contribution is -2.46. The van der Waals surface area contributed by atoms with Crippen molar-refractivity contribution in [2.24, 2.45) is 0 Å². The number of carbonyl (C=O) groups is 2. The Kier molecular flexibility index (Phi) is 6.02. The van der Waals surface area contributed by atoms with Gasteiger partial charge in [-0.05, 0) is 31.0 Å². The Morgan fingerprint density at radius 3 is 2.78 bits per heavy atom. The van der Waals surface area contributed by atoms with Crippen LogP contribution in [0.25, 0.3) is 0 Å². The van der Waals surface area contributed by atoms with Gasteiger partial charge in [-0.3, -0.25) is 4.79 Å². The number of rotatable bonds is 5. The summed E-state index contributed by atoms with van der Waals surface area (Å²) in [5.74, 6) is 0.647. The first-order valence-electron chi connectivity index (χ1n) is 7.61. The van der Waals surface area contributed by atoms with Gasteiger partial charge in [0, 0.05) is 24.7 Å². The average Bonchev–Trinajstić information content (AvgIpc) is 2.60. The molecule has 0 radical (unpaired) electrons. The largest absolute Gasteiger partial charge is 0.497 e. The normalized spacial score (nSPS) is 14.9. The summed E-state index contributed by atoms with van der Waals surface area (Å²) >= 11 is 0. The summed E-state index contributed by atoms with van der Waals surface area (Å²) in [6.07, 6.45) is 2.50. The molecule has 1 N–H and O–H groups in total. The van der Waals surface area contributed by atoms with Gasteiger partial charge in [0.1, 0.15) is 12.4 Å². The lowest BCUT2D eigenvalue weighted by molar-refractivity contribution is 0.0702. The molecule has 1 aromatic rings. The fraction of sp³-hybridized carbons (Fsp3) is 0.412. The zero-order chi connectivity index (χ0) is 16.7. The Balaban J connectivity index is 1.84. The predicted molar refractivity (Wildman–Crippen MR) is 86.6 cm³/mol. The summed E-state index contributed by atoms with van der Waals surface area (Å²) < 4.78 is 10.0. The highest BCUT2D eigenvalue weighted by Gasteiger charge is 2.25. The number of benzene rings is 1. The Morgan fingerprint density at radius 1 is 1.39 bits per heavy atom. The van der Waals surface area contributed by atoms with Gasteiger partial charge < -0.3 is 19.7 Å². The van der Waals surface area contributed by atoms with Crippen LogP contribution in [0.2, 0.25) is 0 Å². The van der Waals surface area contributed by atoms with Crippen LogP contribution >= 0.6 is 0 Å². The van der Waals surface area contributed by atoms with Crippen molar-refractivity contribution in [1.82, 2.24) is 10.2 Å². The van der Waals surface area contributed by atoms with Crippen molar-refractivity contribution in [1.29, 1.82) is 0 Å². The number of piperidine rings is 1. The van der Waals surface area contributed by atoms with Crippen molar-refractivity contribution >= 4 is 12.0 Å². The number of amides is 2. The van der Waals surface area contributed by atoms with E-state index < -0.39 is 6.09 Å². The van der Waals surface area contributed by atoms with E-state index in [2.05, 4.69) is 11.9 Å². The van der Waals surface area contributed by atoms with E-state index in [9.17, 15) is 9.59 Å². The Morgan fingerprint density at radius 2 is 2.13 bits per heavy atom. The highest BCUT2D eigenvalue weighted by molar-refractivity contribution is 5.94. The molecule has 2 rings (SSSR count). The third-order valence-electron chi connectivity index (χ3n) is 3.75. The molecule has 6 nitrogen and oxygen atoms in total.